The zero-order valence-electron chi connectivity index (χ0n) is 23.7. The Labute approximate surface area is 243 Å². The first kappa shape index (κ1) is 30.4. The average Bonchev–Trinajstić information content (AvgIpc) is 3.52. The summed E-state index contributed by atoms with van der Waals surface area (Å²) in [5, 5.41) is 21.7. The second-order valence-electron chi connectivity index (χ2n) is 10.7. The molecule has 1 N–H and O–H groups in total. The summed E-state index contributed by atoms with van der Waals surface area (Å²) >= 11 is 0. The van der Waals surface area contributed by atoms with E-state index in [1.54, 1.807) is 17.0 Å². The van der Waals surface area contributed by atoms with Crippen molar-refractivity contribution < 1.29 is 35.9 Å². The summed E-state index contributed by atoms with van der Waals surface area (Å²) in [5.41, 5.74) is 0.640. The zero-order valence-corrected chi connectivity index (χ0v) is 23.7. The quantitative estimate of drug-likeness (QED) is 0.240. The van der Waals surface area contributed by atoms with Gasteiger partial charge in [0.1, 0.15) is 18.1 Å². The molecule has 2 aromatic heterocycles. The summed E-state index contributed by atoms with van der Waals surface area (Å²) in [5.74, 6) is 1.16. The first-order valence-corrected chi connectivity index (χ1v) is 13.6. The summed E-state index contributed by atoms with van der Waals surface area (Å²) in [6.07, 6.45) is -8.80. The van der Waals surface area contributed by atoms with Gasteiger partial charge in [0.05, 0.1) is 30.8 Å². The van der Waals surface area contributed by atoms with Crippen LogP contribution in [0, 0.1) is 13.8 Å². The molecule has 1 aliphatic rings. The second kappa shape index (κ2) is 11.5. The molecule has 0 spiro atoms. The maximum atomic E-state index is 13.7. The third-order valence-corrected chi connectivity index (χ3v) is 7.41. The summed E-state index contributed by atoms with van der Waals surface area (Å²) in [6.45, 7) is 4.32. The van der Waals surface area contributed by atoms with Gasteiger partial charge in [-0.3, -0.25) is 0 Å². The number of aryl methyl sites for hydroxylation is 3. The first-order chi connectivity index (χ1) is 20.2. The summed E-state index contributed by atoms with van der Waals surface area (Å²) < 4.78 is 87.9. The lowest BCUT2D eigenvalue weighted by Gasteiger charge is -2.33. The molecule has 0 saturated carbocycles. The van der Waals surface area contributed by atoms with Crippen LogP contribution in [-0.2, 0) is 39.1 Å². The van der Waals surface area contributed by atoms with Crippen molar-refractivity contribution in [3.8, 4) is 0 Å². The number of hydrogen-bond acceptors (Lipinski definition) is 7. The molecule has 0 aliphatic carbocycles. The van der Waals surface area contributed by atoms with Gasteiger partial charge in [-0.1, -0.05) is 22.8 Å². The van der Waals surface area contributed by atoms with Gasteiger partial charge in [0.2, 0.25) is 0 Å². The van der Waals surface area contributed by atoms with Gasteiger partial charge in [-0.05, 0) is 78.9 Å². The van der Waals surface area contributed by atoms with Crippen LogP contribution in [-0.4, -0.2) is 31.9 Å². The number of anilines is 2. The van der Waals surface area contributed by atoms with Crippen molar-refractivity contribution in [2.24, 2.45) is 7.05 Å². The zero-order chi connectivity index (χ0) is 31.1. The lowest BCUT2D eigenvalue weighted by molar-refractivity contribution is -0.143. The summed E-state index contributed by atoms with van der Waals surface area (Å²) in [6, 6.07) is 8.57. The minimum Gasteiger partial charge on any atom is -0.462 e. The van der Waals surface area contributed by atoms with Crippen molar-refractivity contribution >= 4 is 11.6 Å². The minimum absolute atomic E-state index is 0.0793. The van der Waals surface area contributed by atoms with Gasteiger partial charge in [0.25, 0.3) is 5.95 Å². The molecule has 1 atom stereocenters. The third-order valence-electron chi connectivity index (χ3n) is 7.41. The van der Waals surface area contributed by atoms with Crippen LogP contribution in [0.1, 0.15) is 63.8 Å². The van der Waals surface area contributed by atoms with Gasteiger partial charge in [-0.2, -0.15) is 31.1 Å². The maximum absolute atomic E-state index is 13.7. The topological polar surface area (TPSA) is 83.5 Å². The van der Waals surface area contributed by atoms with E-state index in [1.165, 1.54) is 11.8 Å². The molecule has 1 aliphatic heterocycles. The van der Waals surface area contributed by atoms with Gasteiger partial charge in [0, 0.05) is 18.8 Å². The normalized spacial score (nSPS) is 15.9. The van der Waals surface area contributed by atoms with E-state index in [0.717, 1.165) is 34.5 Å². The molecule has 0 bridgehead atoms. The summed E-state index contributed by atoms with van der Waals surface area (Å²) in [7, 11) is 1.53. The van der Waals surface area contributed by atoms with E-state index in [9.17, 15) is 31.4 Å². The number of alkyl halides is 6. The highest BCUT2D eigenvalue weighted by atomic mass is 19.4. The van der Waals surface area contributed by atoms with E-state index in [2.05, 4.69) is 20.3 Å². The Balaban J connectivity index is 1.62. The molecule has 0 saturated heterocycles. The van der Waals surface area contributed by atoms with Crippen molar-refractivity contribution in [1.29, 1.82) is 0 Å². The number of halogens is 6. The maximum Gasteiger partial charge on any atom is 0.416 e. The molecule has 0 radical (unpaired) electrons. The van der Waals surface area contributed by atoms with E-state index in [0.29, 0.717) is 37.5 Å². The Morgan fingerprint density at radius 1 is 0.977 bits per heavy atom. The van der Waals surface area contributed by atoms with Crippen LogP contribution in [0.3, 0.4) is 0 Å². The van der Waals surface area contributed by atoms with Gasteiger partial charge in [-0.15, -0.1) is 5.10 Å². The number of aromatic nitrogens is 4. The molecule has 4 aromatic rings. The SMILES string of the molecule is Cc1cc(C)c2c(c1)C(N(Cc1cc(C(F)(F)F)cc(C(F)(F)F)c1)c1nnn(C)n1)CCCN2Cc1ccc(CO)o1. The summed E-state index contributed by atoms with van der Waals surface area (Å²) in [4.78, 5) is 4.95. The molecular formula is C29H30F6N6O2. The van der Waals surface area contributed by atoms with E-state index in [-0.39, 0.29) is 30.7 Å². The predicted molar refractivity (Wildman–Crippen MR) is 145 cm³/mol. The van der Waals surface area contributed by atoms with Gasteiger partial charge >= 0.3 is 12.4 Å². The number of furan rings is 1. The van der Waals surface area contributed by atoms with Gasteiger partial charge in [-0.25, -0.2) is 0 Å². The number of tetrazole rings is 1. The smallest absolute Gasteiger partial charge is 0.416 e. The first-order valence-electron chi connectivity index (χ1n) is 13.6. The van der Waals surface area contributed by atoms with Crippen molar-refractivity contribution in [1.82, 2.24) is 20.2 Å². The van der Waals surface area contributed by atoms with Gasteiger partial charge < -0.3 is 19.3 Å². The Morgan fingerprint density at radius 2 is 1.65 bits per heavy atom. The molecule has 43 heavy (non-hydrogen) atoms. The molecule has 5 rings (SSSR count). The lowest BCUT2D eigenvalue weighted by atomic mass is 9.94. The number of nitrogens with zero attached hydrogens (tertiary/aromatic N) is 6. The largest absolute Gasteiger partial charge is 0.462 e. The minimum atomic E-state index is -4.98. The van der Waals surface area contributed by atoms with E-state index >= 15 is 0 Å². The Kier molecular flexibility index (Phi) is 8.16. The molecule has 8 nitrogen and oxygen atoms in total. The van der Waals surface area contributed by atoms with Crippen LogP contribution in [0.4, 0.5) is 38.0 Å². The highest BCUT2D eigenvalue weighted by molar-refractivity contribution is 5.64. The Hall–Kier alpha value is -4.07. The third kappa shape index (κ3) is 6.63. The second-order valence-corrected chi connectivity index (χ2v) is 10.7. The molecule has 2 aromatic carbocycles. The molecule has 230 valence electrons. The van der Waals surface area contributed by atoms with E-state index < -0.39 is 29.5 Å². The number of aliphatic hydroxyl groups excluding tert-OH is 1. The van der Waals surface area contributed by atoms with Crippen LogP contribution in [0.25, 0.3) is 0 Å². The van der Waals surface area contributed by atoms with Crippen LogP contribution in [0.5, 0.6) is 0 Å². The highest BCUT2D eigenvalue weighted by Gasteiger charge is 2.38. The fourth-order valence-electron chi connectivity index (χ4n) is 5.70. The van der Waals surface area contributed by atoms with Gasteiger partial charge in [0.15, 0.2) is 0 Å². The monoisotopic (exact) mass is 608 g/mol. The molecule has 1 unspecified atom stereocenters. The van der Waals surface area contributed by atoms with E-state index in [4.69, 9.17) is 4.42 Å². The molecule has 0 amide bonds. The average molecular weight is 609 g/mol. The Morgan fingerprint density at radius 3 is 2.23 bits per heavy atom. The molecule has 0 fully saturated rings. The van der Waals surface area contributed by atoms with Crippen molar-refractivity contribution in [2.75, 3.05) is 16.3 Å². The number of fused-ring (bicyclic) bond motifs is 1. The van der Waals surface area contributed by atoms with Crippen LogP contribution in [0.15, 0.2) is 46.9 Å². The fourth-order valence-corrected chi connectivity index (χ4v) is 5.70. The van der Waals surface area contributed by atoms with Crippen LogP contribution < -0.4 is 9.80 Å². The Bertz CT molecular complexity index is 1560. The number of benzene rings is 2. The molecule has 14 heteroatoms. The highest BCUT2D eigenvalue weighted by Crippen LogP contribution is 2.43. The number of rotatable bonds is 7. The van der Waals surface area contributed by atoms with Crippen LogP contribution >= 0.6 is 0 Å². The van der Waals surface area contributed by atoms with Crippen molar-refractivity contribution in [2.45, 2.75) is 64.8 Å². The molecular weight excluding hydrogens is 578 g/mol. The van der Waals surface area contributed by atoms with E-state index in [1.807, 2.05) is 26.0 Å². The van der Waals surface area contributed by atoms with Crippen molar-refractivity contribution in [3.63, 3.8) is 0 Å². The fraction of sp³-hybridized carbons (Fsp3) is 0.414. The standard InChI is InChI=1S/C29H30F6N6O2/c1-17-9-18(2)26-24(10-17)25(5-4-8-40(26)15-22-6-7-23(16-42)43-22)41(27-36-38-39(3)37-27)14-19-11-20(28(30,31)32)13-21(12-19)29(33,34)35/h6-7,9-13,25,42H,4-5,8,14-16H2,1-3H3. The number of aliphatic hydroxyl groups is 1. The predicted octanol–water partition coefficient (Wildman–Crippen LogP) is 6.50. The van der Waals surface area contributed by atoms with Crippen molar-refractivity contribution in [3.05, 3.63) is 87.4 Å². The number of hydrogen-bond donors (Lipinski definition) is 1. The molecule has 3 heterocycles. The lowest BCUT2D eigenvalue weighted by Crippen LogP contribution is -2.30. The van der Waals surface area contributed by atoms with Crippen LogP contribution in [0.2, 0.25) is 0 Å².